The largest absolute Gasteiger partial charge is 0.467 e. The molecule has 0 spiro atoms. The van der Waals surface area contributed by atoms with Gasteiger partial charge in [-0.2, -0.15) is 0 Å². The fourth-order valence-corrected chi connectivity index (χ4v) is 5.44. The van der Waals surface area contributed by atoms with Gasteiger partial charge in [0.15, 0.2) is 0 Å². The minimum atomic E-state index is -4.07. The molecule has 0 saturated heterocycles. The quantitative estimate of drug-likeness (QED) is 0.302. The first kappa shape index (κ1) is 26.7. The van der Waals surface area contributed by atoms with Crippen molar-refractivity contribution in [2.75, 3.05) is 16.2 Å². The second kappa shape index (κ2) is 11.8. The zero-order valence-corrected chi connectivity index (χ0v) is 22.0. The van der Waals surface area contributed by atoms with Crippen LogP contribution < -0.4 is 14.9 Å². The molecular formula is C29H29N3O5S. The molecule has 0 radical (unpaired) electrons. The molecule has 0 aliphatic heterocycles. The zero-order chi connectivity index (χ0) is 27.1. The fraction of sp³-hybridized carbons (Fsp3) is 0.172. The van der Waals surface area contributed by atoms with Crippen molar-refractivity contribution in [2.45, 2.75) is 31.7 Å². The summed E-state index contributed by atoms with van der Waals surface area (Å²) < 4.78 is 33.9. The molecule has 0 bridgehead atoms. The van der Waals surface area contributed by atoms with Crippen molar-refractivity contribution in [1.29, 1.82) is 0 Å². The van der Waals surface area contributed by atoms with Crippen LogP contribution in [0.5, 0.6) is 0 Å². The summed E-state index contributed by atoms with van der Waals surface area (Å²) in [4.78, 5) is 26.2. The van der Waals surface area contributed by atoms with Crippen LogP contribution in [0.4, 0.5) is 11.4 Å². The number of benzene rings is 3. The SMILES string of the molecule is CCc1ccccc1N(CC(=O)Nc1ccccc1C(=O)NCc1ccco1)S(=O)(=O)c1ccc(C)cc1. The Morgan fingerprint density at radius 3 is 2.32 bits per heavy atom. The summed E-state index contributed by atoms with van der Waals surface area (Å²) in [6, 6.07) is 23.6. The number of aryl methyl sites for hydroxylation is 2. The number of anilines is 2. The molecule has 9 heteroatoms. The maximum atomic E-state index is 13.7. The number of hydrogen-bond donors (Lipinski definition) is 2. The van der Waals surface area contributed by atoms with Crippen molar-refractivity contribution in [3.05, 3.63) is 114 Å². The van der Waals surface area contributed by atoms with E-state index in [0.29, 0.717) is 17.9 Å². The van der Waals surface area contributed by atoms with Crippen molar-refractivity contribution >= 4 is 33.2 Å². The number of carbonyl (C=O) groups is 2. The highest BCUT2D eigenvalue weighted by atomic mass is 32.2. The number of para-hydroxylation sites is 2. The lowest BCUT2D eigenvalue weighted by molar-refractivity contribution is -0.114. The molecular weight excluding hydrogens is 502 g/mol. The smallest absolute Gasteiger partial charge is 0.264 e. The first-order chi connectivity index (χ1) is 18.3. The van der Waals surface area contributed by atoms with Crippen LogP contribution in [0.3, 0.4) is 0 Å². The molecule has 4 rings (SSSR count). The lowest BCUT2D eigenvalue weighted by Gasteiger charge is -2.26. The van der Waals surface area contributed by atoms with Crippen LogP contribution >= 0.6 is 0 Å². The van der Waals surface area contributed by atoms with Crippen molar-refractivity contribution < 1.29 is 22.4 Å². The Morgan fingerprint density at radius 2 is 1.61 bits per heavy atom. The molecule has 2 N–H and O–H groups in total. The summed E-state index contributed by atoms with van der Waals surface area (Å²) in [5, 5.41) is 5.48. The van der Waals surface area contributed by atoms with Crippen LogP contribution in [0.2, 0.25) is 0 Å². The van der Waals surface area contributed by atoms with Gasteiger partial charge in [0, 0.05) is 0 Å². The molecule has 0 saturated carbocycles. The number of amides is 2. The minimum Gasteiger partial charge on any atom is -0.467 e. The number of hydrogen-bond acceptors (Lipinski definition) is 5. The van der Waals surface area contributed by atoms with Crippen molar-refractivity contribution in [2.24, 2.45) is 0 Å². The molecule has 2 amide bonds. The summed E-state index contributed by atoms with van der Waals surface area (Å²) in [7, 11) is -4.07. The van der Waals surface area contributed by atoms with Crippen LogP contribution in [-0.4, -0.2) is 26.8 Å². The van der Waals surface area contributed by atoms with E-state index in [1.807, 2.05) is 26.0 Å². The maximum Gasteiger partial charge on any atom is 0.264 e. The van der Waals surface area contributed by atoms with Gasteiger partial charge in [-0.25, -0.2) is 8.42 Å². The number of sulfonamides is 1. The van der Waals surface area contributed by atoms with E-state index in [-0.39, 0.29) is 22.7 Å². The van der Waals surface area contributed by atoms with Gasteiger partial charge in [0.05, 0.1) is 34.6 Å². The number of carbonyl (C=O) groups excluding carboxylic acids is 2. The molecule has 4 aromatic rings. The Labute approximate surface area is 222 Å². The van der Waals surface area contributed by atoms with E-state index in [4.69, 9.17) is 4.42 Å². The molecule has 0 atom stereocenters. The van der Waals surface area contributed by atoms with Gasteiger partial charge in [-0.15, -0.1) is 0 Å². The molecule has 3 aromatic carbocycles. The van der Waals surface area contributed by atoms with Gasteiger partial charge in [-0.05, 0) is 61.4 Å². The second-order valence-corrected chi connectivity index (χ2v) is 10.5. The molecule has 0 aliphatic carbocycles. The third kappa shape index (κ3) is 6.12. The highest BCUT2D eigenvalue weighted by Gasteiger charge is 2.29. The van der Waals surface area contributed by atoms with Gasteiger partial charge in [-0.1, -0.05) is 55.0 Å². The molecule has 0 fully saturated rings. The predicted octanol–water partition coefficient (Wildman–Crippen LogP) is 4.91. The number of nitrogens with zero attached hydrogens (tertiary/aromatic N) is 1. The van der Waals surface area contributed by atoms with Crippen LogP contribution in [0.15, 0.2) is 101 Å². The first-order valence-corrected chi connectivity index (χ1v) is 13.6. The normalized spacial score (nSPS) is 11.1. The highest BCUT2D eigenvalue weighted by molar-refractivity contribution is 7.92. The highest BCUT2D eigenvalue weighted by Crippen LogP contribution is 2.28. The third-order valence-corrected chi connectivity index (χ3v) is 7.76. The minimum absolute atomic E-state index is 0.0829. The molecule has 38 heavy (non-hydrogen) atoms. The van der Waals surface area contributed by atoms with E-state index in [1.54, 1.807) is 60.7 Å². The van der Waals surface area contributed by atoms with E-state index in [0.717, 1.165) is 15.4 Å². The Hall–Kier alpha value is -4.37. The van der Waals surface area contributed by atoms with Gasteiger partial charge in [-0.3, -0.25) is 13.9 Å². The number of nitrogens with one attached hydrogen (secondary N) is 2. The van der Waals surface area contributed by atoms with Crippen molar-refractivity contribution in [3.8, 4) is 0 Å². The molecule has 0 aliphatic rings. The molecule has 196 valence electrons. The molecule has 1 heterocycles. The van der Waals surface area contributed by atoms with Crippen LogP contribution in [0, 0.1) is 6.92 Å². The summed E-state index contributed by atoms with van der Waals surface area (Å²) in [6.45, 7) is 3.50. The maximum absolute atomic E-state index is 13.7. The summed E-state index contributed by atoms with van der Waals surface area (Å²) in [6.07, 6.45) is 2.10. The lowest BCUT2D eigenvalue weighted by Crippen LogP contribution is -2.39. The molecule has 1 aromatic heterocycles. The van der Waals surface area contributed by atoms with E-state index < -0.39 is 28.4 Å². The average molecular weight is 532 g/mol. The van der Waals surface area contributed by atoms with Gasteiger partial charge in [0.2, 0.25) is 5.91 Å². The lowest BCUT2D eigenvalue weighted by atomic mass is 10.1. The Bertz CT molecular complexity index is 1510. The monoisotopic (exact) mass is 531 g/mol. The Balaban J connectivity index is 1.60. The number of rotatable bonds is 10. The number of furan rings is 1. The van der Waals surface area contributed by atoms with Gasteiger partial charge in [0.1, 0.15) is 12.3 Å². The Morgan fingerprint density at radius 1 is 0.895 bits per heavy atom. The zero-order valence-electron chi connectivity index (χ0n) is 21.2. The van der Waals surface area contributed by atoms with Crippen molar-refractivity contribution in [3.63, 3.8) is 0 Å². The van der Waals surface area contributed by atoms with Crippen molar-refractivity contribution in [1.82, 2.24) is 5.32 Å². The van der Waals surface area contributed by atoms with E-state index in [9.17, 15) is 18.0 Å². The predicted molar refractivity (Wildman–Crippen MR) is 146 cm³/mol. The van der Waals surface area contributed by atoms with Gasteiger partial charge < -0.3 is 15.1 Å². The van der Waals surface area contributed by atoms with E-state index >= 15 is 0 Å². The van der Waals surface area contributed by atoms with Crippen LogP contribution in [0.1, 0.15) is 34.2 Å². The van der Waals surface area contributed by atoms with Crippen LogP contribution in [0.25, 0.3) is 0 Å². The molecule has 8 nitrogen and oxygen atoms in total. The van der Waals surface area contributed by atoms with Gasteiger partial charge >= 0.3 is 0 Å². The fourth-order valence-electron chi connectivity index (χ4n) is 3.98. The van der Waals surface area contributed by atoms with Gasteiger partial charge in [0.25, 0.3) is 15.9 Å². The second-order valence-electron chi connectivity index (χ2n) is 8.66. The van der Waals surface area contributed by atoms with E-state index in [2.05, 4.69) is 10.6 Å². The van der Waals surface area contributed by atoms with E-state index in [1.165, 1.54) is 18.4 Å². The molecule has 0 unspecified atom stereocenters. The summed E-state index contributed by atoms with van der Waals surface area (Å²) >= 11 is 0. The summed E-state index contributed by atoms with van der Waals surface area (Å²) in [5.74, 6) is -0.401. The Kier molecular flexibility index (Phi) is 8.28. The first-order valence-electron chi connectivity index (χ1n) is 12.2. The standard InChI is InChI=1S/C29H29N3O5S/c1-3-22-9-4-7-13-27(22)32(38(35,36)24-16-14-21(2)15-17-24)20-28(33)31-26-12-6-5-11-25(26)29(34)30-19-23-10-8-18-37-23/h4-18H,3,19-20H2,1-2H3,(H,30,34)(H,31,33). The average Bonchev–Trinajstić information content (AvgIpc) is 3.45. The van der Waals surface area contributed by atoms with Crippen LogP contribution in [-0.2, 0) is 27.8 Å². The third-order valence-electron chi connectivity index (χ3n) is 5.99. The topological polar surface area (TPSA) is 109 Å². The summed E-state index contributed by atoms with van der Waals surface area (Å²) in [5.41, 5.74) is 2.65.